The van der Waals surface area contributed by atoms with E-state index in [1.54, 1.807) is 0 Å². The topological polar surface area (TPSA) is 21.3 Å². The molecular weight excluding hydrogens is 257 g/mol. The predicted molar refractivity (Wildman–Crippen MR) is 71.8 cm³/mol. The molecule has 0 radical (unpaired) electrons. The van der Waals surface area contributed by atoms with Gasteiger partial charge in [-0.15, -0.1) is 0 Å². The molecule has 1 heterocycles. The fraction of sp³-hybridized carbons (Fsp3) is 0.538. The zero-order valence-electron chi connectivity index (χ0n) is 9.88. The minimum atomic E-state index is 0.327. The van der Waals surface area contributed by atoms with Gasteiger partial charge in [-0.25, -0.2) is 0 Å². The molecule has 94 valence electrons. The van der Waals surface area contributed by atoms with E-state index in [9.17, 15) is 0 Å². The van der Waals surface area contributed by atoms with Gasteiger partial charge in [0.1, 0.15) is 0 Å². The lowest BCUT2D eigenvalue weighted by molar-refractivity contribution is 0.0546. The van der Waals surface area contributed by atoms with Crippen molar-refractivity contribution in [1.29, 1.82) is 0 Å². The molecule has 2 nitrogen and oxygen atoms in total. The van der Waals surface area contributed by atoms with Crippen molar-refractivity contribution in [3.8, 4) is 0 Å². The second-order valence-corrected chi connectivity index (χ2v) is 5.20. The average molecular weight is 274 g/mol. The number of nitrogens with one attached hydrogen (secondary N) is 1. The molecule has 1 aromatic rings. The largest absolute Gasteiger partial charge is 0.381 e. The highest BCUT2D eigenvalue weighted by Gasteiger charge is 2.24. The first kappa shape index (κ1) is 13.2. The smallest absolute Gasteiger partial charge is 0.0595 e. The van der Waals surface area contributed by atoms with E-state index in [1.165, 1.54) is 5.56 Å². The standard InChI is InChI=1S/C13H17Cl2NO/c1-16-13(9-4-6-17-7-5-9)10-2-3-11(14)12(15)8-10/h2-3,8-9,13,16H,4-7H2,1H3. The van der Waals surface area contributed by atoms with Crippen molar-refractivity contribution < 1.29 is 4.74 Å². The van der Waals surface area contributed by atoms with Crippen LogP contribution >= 0.6 is 23.2 Å². The lowest BCUT2D eigenvalue weighted by atomic mass is 9.87. The van der Waals surface area contributed by atoms with Gasteiger partial charge in [0.25, 0.3) is 0 Å². The molecule has 1 atom stereocenters. The molecule has 1 aliphatic rings. The van der Waals surface area contributed by atoms with Crippen molar-refractivity contribution in [3.05, 3.63) is 33.8 Å². The molecule has 2 rings (SSSR count). The Hall–Kier alpha value is -0.280. The van der Waals surface area contributed by atoms with Crippen LogP contribution in [-0.4, -0.2) is 20.3 Å². The molecule has 0 spiro atoms. The summed E-state index contributed by atoms with van der Waals surface area (Å²) in [5.74, 6) is 0.603. The number of benzene rings is 1. The van der Waals surface area contributed by atoms with Crippen LogP contribution in [0.4, 0.5) is 0 Å². The molecule has 4 heteroatoms. The van der Waals surface area contributed by atoms with Crippen LogP contribution in [-0.2, 0) is 4.74 Å². The average Bonchev–Trinajstić information content (AvgIpc) is 2.36. The quantitative estimate of drug-likeness (QED) is 0.907. The van der Waals surface area contributed by atoms with Crippen LogP contribution in [0.1, 0.15) is 24.4 Å². The number of rotatable bonds is 3. The molecule has 0 amide bonds. The van der Waals surface area contributed by atoms with Gasteiger partial charge >= 0.3 is 0 Å². The maximum absolute atomic E-state index is 6.07. The Labute approximate surface area is 112 Å². The molecule has 1 fully saturated rings. The van der Waals surface area contributed by atoms with Crippen molar-refractivity contribution in [1.82, 2.24) is 5.32 Å². The van der Waals surface area contributed by atoms with Crippen LogP contribution < -0.4 is 5.32 Å². The monoisotopic (exact) mass is 273 g/mol. The summed E-state index contributed by atoms with van der Waals surface area (Å²) in [6.45, 7) is 1.70. The van der Waals surface area contributed by atoms with Crippen molar-refractivity contribution >= 4 is 23.2 Å². The highest BCUT2D eigenvalue weighted by atomic mass is 35.5. The third kappa shape index (κ3) is 3.14. The lowest BCUT2D eigenvalue weighted by Gasteiger charge is -2.30. The summed E-state index contributed by atoms with van der Waals surface area (Å²) in [4.78, 5) is 0. The summed E-state index contributed by atoms with van der Waals surface area (Å²) in [5.41, 5.74) is 1.20. The van der Waals surface area contributed by atoms with Crippen LogP contribution in [0.5, 0.6) is 0 Å². The molecule has 1 N–H and O–H groups in total. The van der Waals surface area contributed by atoms with Crippen molar-refractivity contribution in [2.45, 2.75) is 18.9 Å². The summed E-state index contributed by atoms with van der Waals surface area (Å²) in [5, 5.41) is 4.61. The molecule has 1 saturated heterocycles. The summed E-state index contributed by atoms with van der Waals surface area (Å²) < 4.78 is 5.40. The third-order valence-electron chi connectivity index (χ3n) is 3.35. The molecular formula is C13H17Cl2NO. The molecule has 0 saturated carbocycles. The predicted octanol–water partition coefficient (Wildman–Crippen LogP) is 3.68. The maximum atomic E-state index is 6.07. The minimum absolute atomic E-state index is 0.327. The Morgan fingerprint density at radius 3 is 2.53 bits per heavy atom. The SMILES string of the molecule is CNC(c1ccc(Cl)c(Cl)c1)C1CCOCC1. The van der Waals surface area contributed by atoms with Gasteiger partial charge in [-0.1, -0.05) is 29.3 Å². The van der Waals surface area contributed by atoms with Gasteiger partial charge in [-0.05, 0) is 43.5 Å². The van der Waals surface area contributed by atoms with E-state index in [4.69, 9.17) is 27.9 Å². The van der Waals surface area contributed by atoms with E-state index in [-0.39, 0.29) is 0 Å². The summed E-state index contributed by atoms with van der Waals surface area (Å²) >= 11 is 12.0. The maximum Gasteiger partial charge on any atom is 0.0595 e. The first-order valence-corrected chi connectivity index (χ1v) is 6.68. The second kappa shape index (κ2) is 6.05. The highest BCUT2D eigenvalue weighted by Crippen LogP contribution is 2.32. The van der Waals surface area contributed by atoms with Gasteiger partial charge in [0.15, 0.2) is 0 Å². The van der Waals surface area contributed by atoms with E-state index < -0.39 is 0 Å². The fourth-order valence-electron chi connectivity index (χ4n) is 2.43. The van der Waals surface area contributed by atoms with E-state index in [2.05, 4.69) is 5.32 Å². The fourth-order valence-corrected chi connectivity index (χ4v) is 2.74. The van der Waals surface area contributed by atoms with Crippen molar-refractivity contribution in [2.24, 2.45) is 5.92 Å². The number of ether oxygens (including phenoxy) is 1. The Balaban J connectivity index is 2.18. The Kier molecular flexibility index (Phi) is 4.69. The van der Waals surface area contributed by atoms with Gasteiger partial charge < -0.3 is 10.1 Å². The van der Waals surface area contributed by atoms with Crippen LogP contribution in [0.2, 0.25) is 10.0 Å². The van der Waals surface area contributed by atoms with Crippen LogP contribution in [0.3, 0.4) is 0 Å². The molecule has 1 aromatic carbocycles. The number of hydrogen-bond acceptors (Lipinski definition) is 2. The molecule has 0 aromatic heterocycles. The highest BCUT2D eigenvalue weighted by molar-refractivity contribution is 6.42. The summed E-state index contributed by atoms with van der Waals surface area (Å²) in [7, 11) is 1.99. The molecule has 0 bridgehead atoms. The van der Waals surface area contributed by atoms with Gasteiger partial charge in [-0.3, -0.25) is 0 Å². The lowest BCUT2D eigenvalue weighted by Crippen LogP contribution is -2.29. The molecule has 1 aliphatic heterocycles. The Morgan fingerprint density at radius 1 is 1.24 bits per heavy atom. The van der Waals surface area contributed by atoms with Crippen LogP contribution in [0, 0.1) is 5.92 Å². The molecule has 1 unspecified atom stereocenters. The van der Waals surface area contributed by atoms with E-state index in [1.807, 2.05) is 25.2 Å². The Bertz CT molecular complexity index is 378. The number of hydrogen-bond donors (Lipinski definition) is 1. The molecule has 17 heavy (non-hydrogen) atoms. The van der Waals surface area contributed by atoms with Crippen LogP contribution in [0.25, 0.3) is 0 Å². The van der Waals surface area contributed by atoms with Crippen LogP contribution in [0.15, 0.2) is 18.2 Å². The molecule has 0 aliphatic carbocycles. The van der Waals surface area contributed by atoms with E-state index >= 15 is 0 Å². The zero-order valence-corrected chi connectivity index (χ0v) is 11.4. The number of halogens is 2. The van der Waals surface area contributed by atoms with Crippen molar-refractivity contribution in [2.75, 3.05) is 20.3 Å². The van der Waals surface area contributed by atoms with Gasteiger partial charge in [0.2, 0.25) is 0 Å². The van der Waals surface area contributed by atoms with Gasteiger partial charge in [0.05, 0.1) is 10.0 Å². The first-order chi connectivity index (χ1) is 8.22. The summed E-state index contributed by atoms with van der Waals surface area (Å²) in [6, 6.07) is 6.20. The zero-order chi connectivity index (χ0) is 12.3. The van der Waals surface area contributed by atoms with Gasteiger partial charge in [0, 0.05) is 19.3 Å². The van der Waals surface area contributed by atoms with Crippen molar-refractivity contribution in [3.63, 3.8) is 0 Å². The normalized spacial score (nSPS) is 19.2. The van der Waals surface area contributed by atoms with E-state index in [0.717, 1.165) is 26.1 Å². The van der Waals surface area contributed by atoms with Gasteiger partial charge in [-0.2, -0.15) is 0 Å². The van der Waals surface area contributed by atoms with E-state index in [0.29, 0.717) is 22.0 Å². The first-order valence-electron chi connectivity index (χ1n) is 5.92. The summed E-state index contributed by atoms with van der Waals surface area (Å²) in [6.07, 6.45) is 2.18. The minimum Gasteiger partial charge on any atom is -0.381 e. The second-order valence-electron chi connectivity index (χ2n) is 4.39. The Morgan fingerprint density at radius 2 is 1.94 bits per heavy atom. The third-order valence-corrected chi connectivity index (χ3v) is 4.09.